The van der Waals surface area contributed by atoms with Crippen molar-refractivity contribution >= 4 is 23.2 Å². The summed E-state index contributed by atoms with van der Waals surface area (Å²) in [6.45, 7) is 4.39. The molecule has 19 heavy (non-hydrogen) atoms. The number of nitrogens with zero attached hydrogens (tertiary/aromatic N) is 2. The lowest BCUT2D eigenvalue weighted by Gasteiger charge is -2.13. The van der Waals surface area contributed by atoms with Crippen molar-refractivity contribution in [2.24, 2.45) is 0 Å². The van der Waals surface area contributed by atoms with Gasteiger partial charge in [0, 0.05) is 19.0 Å². The van der Waals surface area contributed by atoms with Crippen LogP contribution < -0.4 is 16.2 Å². The average molecular weight is 283 g/mol. The van der Waals surface area contributed by atoms with Gasteiger partial charge in [0.25, 0.3) is 5.56 Å². The Morgan fingerprint density at radius 3 is 3.05 bits per heavy atom. The maximum absolute atomic E-state index is 11.8. The van der Waals surface area contributed by atoms with Crippen LogP contribution in [0.1, 0.15) is 12.8 Å². The Morgan fingerprint density at radius 1 is 1.63 bits per heavy atom. The Morgan fingerprint density at radius 2 is 2.42 bits per heavy atom. The van der Waals surface area contributed by atoms with Crippen molar-refractivity contribution in [2.45, 2.75) is 25.4 Å². The van der Waals surface area contributed by atoms with Gasteiger partial charge in [0.1, 0.15) is 5.02 Å². The summed E-state index contributed by atoms with van der Waals surface area (Å²) in [5, 5.41) is 9.95. The monoisotopic (exact) mass is 282 g/mol. The van der Waals surface area contributed by atoms with Crippen molar-refractivity contribution in [1.29, 1.82) is 0 Å². The van der Waals surface area contributed by atoms with E-state index in [9.17, 15) is 9.59 Å². The highest BCUT2D eigenvalue weighted by Crippen LogP contribution is 2.16. The van der Waals surface area contributed by atoms with Crippen LogP contribution in [0.25, 0.3) is 0 Å². The SMILES string of the molecule is C=CCn1ncc(NCC2CCC(=O)N2)c(Cl)c1=O. The van der Waals surface area contributed by atoms with Gasteiger partial charge in [-0.1, -0.05) is 17.7 Å². The molecule has 0 spiro atoms. The molecule has 102 valence electrons. The number of rotatable bonds is 5. The lowest BCUT2D eigenvalue weighted by atomic mass is 10.2. The van der Waals surface area contributed by atoms with Gasteiger partial charge in [-0.25, -0.2) is 4.68 Å². The first-order chi connectivity index (χ1) is 9.11. The van der Waals surface area contributed by atoms with Crippen LogP contribution in [0.15, 0.2) is 23.6 Å². The Kier molecular flexibility index (Phi) is 4.21. The first-order valence-corrected chi connectivity index (χ1v) is 6.39. The van der Waals surface area contributed by atoms with E-state index in [-0.39, 0.29) is 22.5 Å². The first kappa shape index (κ1) is 13.6. The van der Waals surface area contributed by atoms with Gasteiger partial charge < -0.3 is 10.6 Å². The summed E-state index contributed by atoms with van der Waals surface area (Å²) in [5.74, 6) is 0.0532. The van der Waals surface area contributed by atoms with E-state index in [4.69, 9.17) is 11.6 Å². The zero-order chi connectivity index (χ0) is 13.8. The van der Waals surface area contributed by atoms with Crippen LogP contribution in [-0.2, 0) is 11.3 Å². The van der Waals surface area contributed by atoms with Crippen LogP contribution >= 0.6 is 11.6 Å². The van der Waals surface area contributed by atoms with Gasteiger partial charge in [-0.2, -0.15) is 5.10 Å². The summed E-state index contributed by atoms with van der Waals surface area (Å²) in [7, 11) is 0. The summed E-state index contributed by atoms with van der Waals surface area (Å²) in [5.41, 5.74) is 0.121. The summed E-state index contributed by atoms with van der Waals surface area (Å²) >= 11 is 5.99. The van der Waals surface area contributed by atoms with E-state index in [1.807, 2.05) is 0 Å². The molecule has 2 rings (SSSR count). The maximum atomic E-state index is 11.8. The molecule has 1 amide bonds. The molecule has 0 saturated carbocycles. The number of carbonyl (C=O) groups is 1. The van der Waals surface area contributed by atoms with E-state index in [1.54, 1.807) is 6.08 Å². The fourth-order valence-electron chi connectivity index (χ4n) is 1.90. The second-order valence-electron chi connectivity index (χ2n) is 4.33. The number of hydrogen-bond acceptors (Lipinski definition) is 4. The minimum Gasteiger partial charge on any atom is -0.380 e. The fraction of sp³-hybridized carbons (Fsp3) is 0.417. The number of halogens is 1. The number of amides is 1. The van der Waals surface area contributed by atoms with Crippen molar-refractivity contribution in [3.8, 4) is 0 Å². The predicted octanol–water partition coefficient (Wildman–Crippen LogP) is 0.773. The van der Waals surface area contributed by atoms with Crippen molar-refractivity contribution in [3.63, 3.8) is 0 Å². The molecule has 1 fully saturated rings. The summed E-state index contributed by atoms with van der Waals surface area (Å²) in [6, 6.07) is 0.0687. The fourth-order valence-corrected chi connectivity index (χ4v) is 2.12. The van der Waals surface area contributed by atoms with Crippen molar-refractivity contribution in [3.05, 3.63) is 34.2 Å². The third kappa shape index (κ3) is 3.14. The average Bonchev–Trinajstić information content (AvgIpc) is 2.80. The Hall–Kier alpha value is -1.82. The number of carbonyl (C=O) groups excluding carboxylic acids is 1. The second kappa shape index (κ2) is 5.88. The van der Waals surface area contributed by atoms with Crippen LogP contribution in [0, 0.1) is 0 Å². The third-order valence-electron chi connectivity index (χ3n) is 2.91. The minimum atomic E-state index is -0.359. The third-order valence-corrected chi connectivity index (χ3v) is 3.28. The maximum Gasteiger partial charge on any atom is 0.287 e. The Bertz CT molecular complexity index is 555. The second-order valence-corrected chi connectivity index (χ2v) is 4.71. The predicted molar refractivity (Wildman–Crippen MR) is 73.4 cm³/mol. The lowest BCUT2D eigenvalue weighted by Crippen LogP contribution is -2.32. The minimum absolute atomic E-state index is 0.0532. The van der Waals surface area contributed by atoms with Crippen molar-refractivity contribution in [2.75, 3.05) is 11.9 Å². The zero-order valence-electron chi connectivity index (χ0n) is 10.4. The zero-order valence-corrected chi connectivity index (χ0v) is 11.1. The van der Waals surface area contributed by atoms with Crippen LogP contribution in [0.2, 0.25) is 5.02 Å². The van der Waals surface area contributed by atoms with Gasteiger partial charge in [0.05, 0.1) is 18.4 Å². The molecular weight excluding hydrogens is 268 g/mol. The van der Waals surface area contributed by atoms with Crippen LogP contribution in [0.4, 0.5) is 5.69 Å². The normalized spacial score (nSPS) is 18.2. The summed E-state index contributed by atoms with van der Waals surface area (Å²) < 4.78 is 1.23. The number of allylic oxidation sites excluding steroid dienone is 1. The molecule has 1 atom stereocenters. The van der Waals surface area contributed by atoms with Gasteiger partial charge in [-0.05, 0) is 6.42 Å². The van der Waals surface area contributed by atoms with E-state index in [0.29, 0.717) is 25.2 Å². The molecule has 1 aromatic heterocycles. The Balaban J connectivity index is 2.05. The summed E-state index contributed by atoms with van der Waals surface area (Å²) in [4.78, 5) is 22.9. The van der Waals surface area contributed by atoms with Crippen LogP contribution in [0.3, 0.4) is 0 Å². The van der Waals surface area contributed by atoms with E-state index in [0.717, 1.165) is 6.42 Å². The van der Waals surface area contributed by atoms with Crippen molar-refractivity contribution in [1.82, 2.24) is 15.1 Å². The molecule has 1 aromatic rings. The largest absolute Gasteiger partial charge is 0.380 e. The van der Waals surface area contributed by atoms with E-state index in [2.05, 4.69) is 22.3 Å². The van der Waals surface area contributed by atoms with Gasteiger partial charge in [0.15, 0.2) is 0 Å². The molecule has 0 radical (unpaired) electrons. The van der Waals surface area contributed by atoms with Crippen LogP contribution in [-0.4, -0.2) is 28.3 Å². The molecule has 0 aromatic carbocycles. The van der Waals surface area contributed by atoms with Crippen molar-refractivity contribution < 1.29 is 4.79 Å². The van der Waals surface area contributed by atoms with Gasteiger partial charge in [0.2, 0.25) is 5.91 Å². The topological polar surface area (TPSA) is 76.0 Å². The van der Waals surface area contributed by atoms with Gasteiger partial charge in [-0.15, -0.1) is 6.58 Å². The van der Waals surface area contributed by atoms with Crippen LogP contribution in [0.5, 0.6) is 0 Å². The number of hydrogen-bond donors (Lipinski definition) is 2. The molecule has 7 heteroatoms. The van der Waals surface area contributed by atoms with Gasteiger partial charge in [-0.3, -0.25) is 9.59 Å². The van der Waals surface area contributed by atoms with E-state index >= 15 is 0 Å². The first-order valence-electron chi connectivity index (χ1n) is 6.01. The molecule has 1 saturated heterocycles. The highest BCUT2D eigenvalue weighted by Gasteiger charge is 2.20. The molecule has 0 bridgehead atoms. The highest BCUT2D eigenvalue weighted by molar-refractivity contribution is 6.32. The number of nitrogens with one attached hydrogen (secondary N) is 2. The highest BCUT2D eigenvalue weighted by atomic mass is 35.5. The lowest BCUT2D eigenvalue weighted by molar-refractivity contribution is -0.119. The Labute approximate surface area is 115 Å². The number of aromatic nitrogens is 2. The quantitative estimate of drug-likeness (QED) is 0.782. The van der Waals surface area contributed by atoms with E-state index in [1.165, 1.54) is 10.9 Å². The number of anilines is 1. The molecule has 1 aliphatic heterocycles. The standard InChI is InChI=1S/C12H15ClN4O2/c1-2-5-17-12(19)11(13)9(7-15-17)14-6-8-3-4-10(18)16-8/h2,7-8,14H,1,3-6H2,(H,16,18). The molecule has 2 N–H and O–H groups in total. The smallest absolute Gasteiger partial charge is 0.287 e. The molecule has 6 nitrogen and oxygen atoms in total. The molecule has 0 aliphatic carbocycles. The van der Waals surface area contributed by atoms with E-state index < -0.39 is 0 Å². The van der Waals surface area contributed by atoms with Gasteiger partial charge >= 0.3 is 0 Å². The summed E-state index contributed by atoms with van der Waals surface area (Å²) in [6.07, 6.45) is 4.40. The molecule has 2 heterocycles. The molecule has 1 aliphatic rings. The molecular formula is C12H15ClN4O2. The molecule has 1 unspecified atom stereocenters.